The van der Waals surface area contributed by atoms with Crippen LogP contribution in [0.4, 0.5) is 10.5 Å². The molecule has 3 aromatic carbocycles. The van der Waals surface area contributed by atoms with Crippen LogP contribution in [0.2, 0.25) is 5.02 Å². The average molecular weight is 385 g/mol. The number of rotatable bonds is 6. The Kier molecular flexibility index (Phi) is 6.16. The molecule has 0 saturated carbocycles. The smallest absolute Gasteiger partial charge is 0.319 e. The van der Waals surface area contributed by atoms with Gasteiger partial charge < -0.3 is 20.5 Å². The van der Waals surface area contributed by atoms with Crippen LogP contribution in [0.15, 0.2) is 60.7 Å². The zero-order valence-corrected chi connectivity index (χ0v) is 15.7. The van der Waals surface area contributed by atoms with Crippen LogP contribution < -0.4 is 15.4 Å². The Morgan fingerprint density at radius 3 is 2.74 bits per heavy atom. The van der Waals surface area contributed by atoms with Gasteiger partial charge in [0.15, 0.2) is 0 Å². The molecule has 3 N–H and O–H groups in total. The van der Waals surface area contributed by atoms with Crippen molar-refractivity contribution in [3.05, 3.63) is 71.2 Å². The number of aliphatic hydroxyl groups excluding tert-OH is 1. The first kappa shape index (κ1) is 19.0. The number of urea groups is 1. The van der Waals surface area contributed by atoms with Gasteiger partial charge in [-0.1, -0.05) is 54.1 Å². The molecule has 3 aromatic rings. The Balaban J connectivity index is 1.58. The topological polar surface area (TPSA) is 70.6 Å². The number of halogens is 1. The van der Waals surface area contributed by atoms with Crippen LogP contribution in [-0.2, 0) is 0 Å². The number of nitrogens with one attached hydrogen (secondary N) is 2. The van der Waals surface area contributed by atoms with E-state index >= 15 is 0 Å². The quantitative estimate of drug-likeness (QED) is 0.574. The lowest BCUT2D eigenvalue weighted by molar-refractivity contribution is 0.169. The van der Waals surface area contributed by atoms with E-state index in [9.17, 15) is 9.90 Å². The van der Waals surface area contributed by atoms with E-state index < -0.39 is 6.10 Å². The lowest BCUT2D eigenvalue weighted by Gasteiger charge is -2.15. The summed E-state index contributed by atoms with van der Waals surface area (Å²) in [4.78, 5) is 12.1. The third kappa shape index (κ3) is 4.70. The molecule has 0 aliphatic heterocycles. The van der Waals surface area contributed by atoms with E-state index in [0.29, 0.717) is 29.4 Å². The number of amides is 2. The van der Waals surface area contributed by atoms with Crippen molar-refractivity contribution in [1.29, 1.82) is 0 Å². The van der Waals surface area contributed by atoms with E-state index in [4.69, 9.17) is 16.3 Å². The summed E-state index contributed by atoms with van der Waals surface area (Å²) in [6.45, 7) is 0.319. The minimum absolute atomic E-state index is 0.319. The Labute approximate surface area is 162 Å². The van der Waals surface area contributed by atoms with Gasteiger partial charge in [0, 0.05) is 11.6 Å². The molecule has 140 valence electrons. The zero-order chi connectivity index (χ0) is 19.2. The number of carbonyl (C=O) groups is 1. The normalized spacial score (nSPS) is 11.8. The van der Waals surface area contributed by atoms with Crippen molar-refractivity contribution in [2.45, 2.75) is 12.5 Å². The highest BCUT2D eigenvalue weighted by atomic mass is 35.5. The molecule has 1 atom stereocenters. The second-order valence-corrected chi connectivity index (χ2v) is 6.53. The summed E-state index contributed by atoms with van der Waals surface area (Å²) in [5.74, 6) is 0.519. The zero-order valence-electron chi connectivity index (χ0n) is 14.9. The van der Waals surface area contributed by atoms with E-state index in [2.05, 4.69) is 10.6 Å². The molecule has 2 amide bonds. The Morgan fingerprint density at radius 2 is 1.93 bits per heavy atom. The maximum Gasteiger partial charge on any atom is 0.319 e. The summed E-state index contributed by atoms with van der Waals surface area (Å²) in [7, 11) is 1.52. The number of hydrogen-bond acceptors (Lipinski definition) is 3. The lowest BCUT2D eigenvalue weighted by Crippen LogP contribution is -2.30. The van der Waals surface area contributed by atoms with Crippen LogP contribution in [0.25, 0.3) is 10.8 Å². The van der Waals surface area contributed by atoms with Crippen LogP contribution in [0, 0.1) is 0 Å². The van der Waals surface area contributed by atoms with Crippen LogP contribution in [0.3, 0.4) is 0 Å². The fourth-order valence-electron chi connectivity index (χ4n) is 2.96. The number of aliphatic hydroxyl groups is 1. The standard InChI is InChI=1S/C21H21ClN2O3/c1-27-20-10-9-15(22)13-18(20)24-21(26)23-12-11-19(25)17-8-4-6-14-5-2-3-7-16(14)17/h2-10,13,19,25H,11-12H2,1H3,(H2,23,24,26). The minimum atomic E-state index is -0.669. The molecule has 0 fully saturated rings. The van der Waals surface area contributed by atoms with E-state index in [1.54, 1.807) is 18.2 Å². The highest BCUT2D eigenvalue weighted by molar-refractivity contribution is 6.31. The minimum Gasteiger partial charge on any atom is -0.495 e. The molecule has 0 heterocycles. The second kappa shape index (κ2) is 8.75. The molecule has 3 rings (SSSR count). The summed E-state index contributed by atoms with van der Waals surface area (Å²) in [6, 6.07) is 18.3. The van der Waals surface area contributed by atoms with E-state index in [-0.39, 0.29) is 6.03 Å². The lowest BCUT2D eigenvalue weighted by atomic mass is 9.99. The van der Waals surface area contributed by atoms with Gasteiger partial charge in [-0.25, -0.2) is 4.79 Å². The summed E-state index contributed by atoms with van der Waals surface area (Å²) in [5, 5.41) is 18.6. The molecule has 1 unspecified atom stereocenters. The van der Waals surface area contributed by atoms with Crippen LogP contribution in [0.5, 0.6) is 5.75 Å². The highest BCUT2D eigenvalue weighted by Gasteiger charge is 2.12. The van der Waals surface area contributed by atoms with E-state index in [0.717, 1.165) is 16.3 Å². The number of hydrogen-bond donors (Lipinski definition) is 3. The van der Waals surface area contributed by atoms with Gasteiger partial charge in [-0.15, -0.1) is 0 Å². The number of anilines is 1. The molecule has 0 spiro atoms. The van der Waals surface area contributed by atoms with Crippen molar-refractivity contribution < 1.29 is 14.6 Å². The van der Waals surface area contributed by atoms with Crippen LogP contribution >= 0.6 is 11.6 Å². The van der Waals surface area contributed by atoms with Gasteiger partial charge in [0.25, 0.3) is 0 Å². The van der Waals surface area contributed by atoms with Crippen LogP contribution in [0.1, 0.15) is 18.1 Å². The van der Waals surface area contributed by atoms with Crippen molar-refractivity contribution in [3.63, 3.8) is 0 Å². The molecule has 0 aliphatic rings. The van der Waals surface area contributed by atoms with Gasteiger partial charge in [-0.2, -0.15) is 0 Å². The van der Waals surface area contributed by atoms with Crippen molar-refractivity contribution in [2.75, 3.05) is 19.0 Å². The van der Waals surface area contributed by atoms with Gasteiger partial charge in [-0.05, 0) is 41.0 Å². The number of fused-ring (bicyclic) bond motifs is 1. The summed E-state index contributed by atoms with van der Waals surface area (Å²) in [5.41, 5.74) is 1.34. The number of ether oxygens (including phenoxy) is 1. The first-order chi connectivity index (χ1) is 13.1. The van der Waals surface area contributed by atoms with Crippen molar-refractivity contribution in [1.82, 2.24) is 5.32 Å². The highest BCUT2D eigenvalue weighted by Crippen LogP contribution is 2.28. The predicted molar refractivity (Wildman–Crippen MR) is 109 cm³/mol. The fraction of sp³-hybridized carbons (Fsp3) is 0.190. The second-order valence-electron chi connectivity index (χ2n) is 6.10. The largest absolute Gasteiger partial charge is 0.495 e. The van der Waals surface area contributed by atoms with Crippen LogP contribution in [-0.4, -0.2) is 24.8 Å². The molecular weight excluding hydrogens is 364 g/mol. The average Bonchev–Trinajstić information content (AvgIpc) is 2.67. The maximum absolute atomic E-state index is 12.1. The monoisotopic (exact) mass is 384 g/mol. The Bertz CT molecular complexity index is 940. The first-order valence-corrected chi connectivity index (χ1v) is 9.00. The van der Waals surface area contributed by atoms with Gasteiger partial charge in [0.2, 0.25) is 0 Å². The third-order valence-electron chi connectivity index (χ3n) is 4.30. The van der Waals surface area contributed by atoms with Gasteiger partial charge in [0.05, 0.1) is 18.9 Å². The molecule has 27 heavy (non-hydrogen) atoms. The van der Waals surface area contributed by atoms with E-state index in [1.165, 1.54) is 7.11 Å². The maximum atomic E-state index is 12.1. The molecule has 0 radical (unpaired) electrons. The number of benzene rings is 3. The SMILES string of the molecule is COc1ccc(Cl)cc1NC(=O)NCCC(O)c1cccc2ccccc12. The summed E-state index contributed by atoms with van der Waals surface area (Å²) in [6.07, 6.45) is -0.272. The molecule has 0 aliphatic carbocycles. The Morgan fingerprint density at radius 1 is 1.15 bits per heavy atom. The van der Waals surface area contributed by atoms with Crippen molar-refractivity contribution in [3.8, 4) is 5.75 Å². The van der Waals surface area contributed by atoms with Gasteiger partial charge in [-0.3, -0.25) is 0 Å². The Hall–Kier alpha value is -2.76. The molecule has 6 heteroatoms. The predicted octanol–water partition coefficient (Wildman–Crippen LogP) is 4.75. The van der Waals surface area contributed by atoms with Gasteiger partial charge >= 0.3 is 6.03 Å². The first-order valence-electron chi connectivity index (χ1n) is 8.62. The number of carbonyl (C=O) groups excluding carboxylic acids is 1. The third-order valence-corrected chi connectivity index (χ3v) is 4.53. The van der Waals surface area contributed by atoms with E-state index in [1.807, 2.05) is 42.5 Å². The fourth-order valence-corrected chi connectivity index (χ4v) is 3.14. The molecule has 0 bridgehead atoms. The van der Waals surface area contributed by atoms with Gasteiger partial charge in [0.1, 0.15) is 5.75 Å². The summed E-state index contributed by atoms with van der Waals surface area (Å²) >= 11 is 5.96. The number of methoxy groups -OCH3 is 1. The molecule has 0 aromatic heterocycles. The molecular formula is C21H21ClN2O3. The molecule has 0 saturated heterocycles. The van der Waals surface area contributed by atoms with Crippen molar-refractivity contribution >= 4 is 34.1 Å². The van der Waals surface area contributed by atoms with Crippen molar-refractivity contribution in [2.24, 2.45) is 0 Å². The molecule has 5 nitrogen and oxygen atoms in total. The summed E-state index contributed by atoms with van der Waals surface area (Å²) < 4.78 is 5.20.